The van der Waals surface area contributed by atoms with Gasteiger partial charge in [-0.15, -0.1) is 0 Å². The molecular weight excluding hydrogens is 423 g/mol. The largest absolute Gasteiger partial charge is 0.707 e. The average Bonchev–Trinajstić information content (AvgIpc) is 2.89. The van der Waals surface area contributed by atoms with Gasteiger partial charge in [0.2, 0.25) is 0 Å². The number of benzene rings is 4. The highest BCUT2D eigenvalue weighted by atomic mass is 16.6. The average molecular weight is 444 g/mol. The van der Waals surface area contributed by atoms with E-state index in [0.29, 0.717) is 11.6 Å². The molecule has 164 valence electrons. The van der Waals surface area contributed by atoms with E-state index in [9.17, 15) is 0 Å². The Balaban J connectivity index is 1.53. The summed E-state index contributed by atoms with van der Waals surface area (Å²) in [4.78, 5) is 9.69. The van der Waals surface area contributed by atoms with Gasteiger partial charge in [-0.05, 0) is 29.3 Å². The molecule has 5 aromatic rings. The minimum absolute atomic E-state index is 0.382. The van der Waals surface area contributed by atoms with Gasteiger partial charge in [0.25, 0.3) is 0 Å². The fourth-order valence-electron chi connectivity index (χ4n) is 3.77. The minimum atomic E-state index is -1.85. The lowest BCUT2D eigenvalue weighted by atomic mass is 10.0. The van der Waals surface area contributed by atoms with Gasteiger partial charge in [0.05, 0.1) is 11.4 Å². The van der Waals surface area contributed by atoms with Crippen LogP contribution < -0.4 is 4.65 Å². The highest BCUT2D eigenvalue weighted by molar-refractivity contribution is 6.33. The molecule has 1 heterocycles. The van der Waals surface area contributed by atoms with Crippen LogP contribution in [0.5, 0.6) is 5.75 Å². The van der Waals surface area contributed by atoms with Crippen LogP contribution in [0.4, 0.5) is 0 Å². The minimum Gasteiger partial charge on any atom is -0.512 e. The molecule has 2 N–H and O–H groups in total. The Morgan fingerprint density at radius 3 is 1.65 bits per heavy atom. The lowest BCUT2D eigenvalue weighted by Crippen LogP contribution is -2.20. The molecule has 0 saturated carbocycles. The quantitative estimate of drug-likeness (QED) is 0.339. The molecule has 5 rings (SSSR count). The van der Waals surface area contributed by atoms with E-state index in [1.165, 1.54) is 0 Å². The summed E-state index contributed by atoms with van der Waals surface area (Å²) in [5.74, 6) is 1.06. The highest BCUT2D eigenvalue weighted by Crippen LogP contribution is 2.30. The zero-order valence-corrected chi connectivity index (χ0v) is 18.2. The molecule has 0 fully saturated rings. The molecule has 34 heavy (non-hydrogen) atoms. The molecule has 5 nitrogen and oxygen atoms in total. The lowest BCUT2D eigenvalue weighted by molar-refractivity contribution is 0.288. The first-order chi connectivity index (χ1) is 16.7. The molecule has 0 aliphatic carbocycles. The maximum absolute atomic E-state index is 9.06. The van der Waals surface area contributed by atoms with Crippen molar-refractivity contribution in [2.24, 2.45) is 0 Å². The zero-order valence-electron chi connectivity index (χ0n) is 18.2. The van der Waals surface area contributed by atoms with Gasteiger partial charge >= 0.3 is 7.32 Å². The summed E-state index contributed by atoms with van der Waals surface area (Å²) in [5, 5.41) is 18.1. The molecule has 0 saturated heterocycles. The Labute approximate surface area is 198 Å². The number of hydrogen-bond acceptors (Lipinski definition) is 5. The molecule has 0 bridgehead atoms. The van der Waals surface area contributed by atoms with Crippen LogP contribution in [0.1, 0.15) is 0 Å². The van der Waals surface area contributed by atoms with Crippen molar-refractivity contribution in [1.29, 1.82) is 0 Å². The van der Waals surface area contributed by atoms with E-state index in [1.807, 2.05) is 103 Å². The van der Waals surface area contributed by atoms with E-state index in [-0.39, 0.29) is 0 Å². The second kappa shape index (κ2) is 9.71. The summed E-state index contributed by atoms with van der Waals surface area (Å²) in [5.41, 5.74) is 6.54. The Kier molecular flexibility index (Phi) is 6.16. The molecule has 0 amide bonds. The van der Waals surface area contributed by atoms with Crippen molar-refractivity contribution in [3.05, 3.63) is 115 Å². The van der Waals surface area contributed by atoms with Crippen molar-refractivity contribution in [3.63, 3.8) is 0 Å². The van der Waals surface area contributed by atoms with E-state index in [1.54, 1.807) is 12.1 Å². The van der Waals surface area contributed by atoms with Crippen LogP contribution in [-0.2, 0) is 0 Å². The SMILES string of the molecule is OB(O)Oc1cccc(-c2ccc(-c3cc(-c4ccccc4)nc(-c4ccccc4)n3)cc2)c1. The molecule has 4 aromatic carbocycles. The molecule has 0 atom stereocenters. The zero-order chi connectivity index (χ0) is 23.3. The third kappa shape index (κ3) is 4.88. The first kappa shape index (κ1) is 21.6. The summed E-state index contributed by atoms with van der Waals surface area (Å²) >= 11 is 0. The predicted molar refractivity (Wildman–Crippen MR) is 135 cm³/mol. The summed E-state index contributed by atoms with van der Waals surface area (Å²) in [7, 11) is -1.85. The summed E-state index contributed by atoms with van der Waals surface area (Å²) in [6.45, 7) is 0. The van der Waals surface area contributed by atoms with Crippen molar-refractivity contribution in [2.75, 3.05) is 0 Å². The fourth-order valence-corrected chi connectivity index (χ4v) is 3.77. The van der Waals surface area contributed by atoms with Crippen molar-refractivity contribution in [2.45, 2.75) is 0 Å². The molecule has 0 unspecified atom stereocenters. The molecule has 0 radical (unpaired) electrons. The summed E-state index contributed by atoms with van der Waals surface area (Å²) < 4.78 is 4.97. The Hall–Kier alpha value is -4.26. The van der Waals surface area contributed by atoms with Gasteiger partial charge in [-0.3, -0.25) is 0 Å². The number of rotatable bonds is 6. The molecule has 0 spiro atoms. The molecule has 6 heteroatoms. The van der Waals surface area contributed by atoms with Crippen LogP contribution in [0.15, 0.2) is 115 Å². The first-order valence-electron chi connectivity index (χ1n) is 10.9. The van der Waals surface area contributed by atoms with Crippen LogP contribution in [-0.4, -0.2) is 27.3 Å². The van der Waals surface area contributed by atoms with Crippen LogP contribution in [0.3, 0.4) is 0 Å². The topological polar surface area (TPSA) is 75.5 Å². The van der Waals surface area contributed by atoms with Gasteiger partial charge in [-0.25, -0.2) is 9.97 Å². The van der Waals surface area contributed by atoms with Crippen molar-refractivity contribution < 1.29 is 14.7 Å². The monoisotopic (exact) mass is 444 g/mol. The second-order valence-electron chi connectivity index (χ2n) is 7.74. The molecular formula is C28H21BN2O3. The van der Waals surface area contributed by atoms with Gasteiger partial charge in [0, 0.05) is 16.7 Å². The van der Waals surface area contributed by atoms with Crippen molar-refractivity contribution in [3.8, 4) is 50.8 Å². The van der Waals surface area contributed by atoms with E-state index in [2.05, 4.69) is 0 Å². The molecule has 1 aromatic heterocycles. The van der Waals surface area contributed by atoms with Crippen LogP contribution in [0.25, 0.3) is 45.0 Å². The first-order valence-corrected chi connectivity index (χ1v) is 10.9. The Bertz CT molecular complexity index is 1340. The summed E-state index contributed by atoms with van der Waals surface area (Å²) in [6, 6.07) is 37.3. The van der Waals surface area contributed by atoms with Crippen LogP contribution in [0, 0.1) is 0 Å². The van der Waals surface area contributed by atoms with E-state index in [0.717, 1.165) is 39.2 Å². The second-order valence-corrected chi connectivity index (χ2v) is 7.74. The van der Waals surface area contributed by atoms with Gasteiger partial charge in [0.1, 0.15) is 5.75 Å². The maximum atomic E-state index is 9.06. The number of aromatic nitrogens is 2. The highest BCUT2D eigenvalue weighted by Gasteiger charge is 2.13. The smallest absolute Gasteiger partial charge is 0.512 e. The van der Waals surface area contributed by atoms with Crippen molar-refractivity contribution >= 4 is 7.32 Å². The number of nitrogens with zero attached hydrogens (tertiary/aromatic N) is 2. The van der Waals surface area contributed by atoms with Crippen LogP contribution in [0.2, 0.25) is 0 Å². The van der Waals surface area contributed by atoms with Gasteiger partial charge in [-0.1, -0.05) is 97.1 Å². The van der Waals surface area contributed by atoms with E-state index < -0.39 is 7.32 Å². The molecule has 0 aliphatic heterocycles. The molecule has 0 aliphatic rings. The summed E-state index contributed by atoms with van der Waals surface area (Å²) in [6.07, 6.45) is 0. The third-order valence-electron chi connectivity index (χ3n) is 5.42. The van der Waals surface area contributed by atoms with E-state index in [4.69, 9.17) is 24.7 Å². The Morgan fingerprint density at radius 1 is 0.500 bits per heavy atom. The standard InChI is InChI=1S/C28H21BN2O3/c32-29(33)34-25-13-7-12-24(18-25)20-14-16-22(17-15-20)27-19-26(21-8-3-1-4-9-21)30-28(31-27)23-10-5-2-6-11-23/h1-19,32-33H. The van der Waals surface area contributed by atoms with Crippen molar-refractivity contribution in [1.82, 2.24) is 9.97 Å². The fraction of sp³-hybridized carbons (Fsp3) is 0. The predicted octanol–water partition coefficient (Wildman–Crippen LogP) is 5.49. The maximum Gasteiger partial charge on any atom is 0.707 e. The Morgan fingerprint density at radius 2 is 1.03 bits per heavy atom. The van der Waals surface area contributed by atoms with E-state index >= 15 is 0 Å². The van der Waals surface area contributed by atoms with Gasteiger partial charge < -0.3 is 14.7 Å². The number of hydrogen-bond donors (Lipinski definition) is 2. The van der Waals surface area contributed by atoms with Gasteiger partial charge in [-0.2, -0.15) is 0 Å². The lowest BCUT2D eigenvalue weighted by Gasteiger charge is -2.10. The van der Waals surface area contributed by atoms with Gasteiger partial charge in [0.15, 0.2) is 5.82 Å². The third-order valence-corrected chi connectivity index (χ3v) is 5.42. The normalized spacial score (nSPS) is 10.6. The van der Waals surface area contributed by atoms with Crippen LogP contribution >= 0.6 is 0 Å².